The molecular formula is C34H53N6O7P. The predicted molar refractivity (Wildman–Crippen MR) is 189 cm³/mol. The molecule has 0 fully saturated rings. The van der Waals surface area contributed by atoms with Crippen molar-refractivity contribution in [3.63, 3.8) is 0 Å². The Morgan fingerprint density at radius 1 is 0.958 bits per heavy atom. The second-order valence-electron chi connectivity index (χ2n) is 12.5. The summed E-state index contributed by atoms with van der Waals surface area (Å²) in [7, 11) is 0.295. The molecule has 0 atom stereocenters. The molecule has 13 nitrogen and oxygen atoms in total. The summed E-state index contributed by atoms with van der Waals surface area (Å²) in [6.07, 6.45) is 0.0646. The number of benzene rings is 2. The summed E-state index contributed by atoms with van der Waals surface area (Å²) in [6, 6.07) is 15.2. The summed E-state index contributed by atoms with van der Waals surface area (Å²) in [5.74, 6) is 5.81. The molecule has 0 aliphatic carbocycles. The Morgan fingerprint density at radius 2 is 1.60 bits per heavy atom. The quantitative estimate of drug-likeness (QED) is 0.0715. The first-order valence-corrected chi connectivity index (χ1v) is 17.4. The van der Waals surface area contributed by atoms with Crippen LogP contribution in [0.2, 0.25) is 0 Å². The van der Waals surface area contributed by atoms with Gasteiger partial charge in [0.25, 0.3) is 0 Å². The van der Waals surface area contributed by atoms with Crippen molar-refractivity contribution in [3.05, 3.63) is 65.2 Å². The summed E-state index contributed by atoms with van der Waals surface area (Å²) in [6.45, 7) is 13.5. The van der Waals surface area contributed by atoms with E-state index in [0.29, 0.717) is 43.3 Å². The Balaban J connectivity index is 1.43. The molecule has 1 aliphatic rings. The van der Waals surface area contributed by atoms with Crippen molar-refractivity contribution in [2.24, 2.45) is 11.6 Å². The van der Waals surface area contributed by atoms with Crippen LogP contribution in [0.25, 0.3) is 11.4 Å². The third-order valence-electron chi connectivity index (χ3n) is 6.99. The summed E-state index contributed by atoms with van der Waals surface area (Å²) >= 11 is 0. The number of nitrogens with two attached hydrogens (primary N) is 2. The first kappa shape index (κ1) is 39.3. The number of nitrogens with zero attached hydrogens (tertiary/aromatic N) is 2. The molecule has 266 valence electrons. The minimum Gasteiger partial charge on any atom is -0.396 e. The molecule has 1 aliphatic heterocycles. The van der Waals surface area contributed by atoms with Crippen molar-refractivity contribution in [3.8, 4) is 0 Å². The van der Waals surface area contributed by atoms with E-state index in [4.69, 9.17) is 34.7 Å². The van der Waals surface area contributed by atoms with Gasteiger partial charge in [-0.15, -0.1) is 0 Å². The minimum absolute atomic E-state index is 0.00162. The number of anilines is 1. The van der Waals surface area contributed by atoms with Gasteiger partial charge in [-0.1, -0.05) is 42.5 Å². The SMILES string of the molecule is CC(C)OP(OCCNOCC(C)(C)OCCNC(=O)CCC(=O)N1Cc2ccccc2/C(N)=C(/N(C)N)c2ccccc21)OC(C)C. The molecular weight excluding hydrogens is 635 g/mol. The summed E-state index contributed by atoms with van der Waals surface area (Å²) in [4.78, 5) is 33.6. The zero-order valence-corrected chi connectivity index (χ0v) is 30.2. The third-order valence-corrected chi connectivity index (χ3v) is 8.58. The van der Waals surface area contributed by atoms with Gasteiger partial charge in [-0.05, 0) is 53.2 Å². The topological polar surface area (TPSA) is 163 Å². The number of rotatable bonds is 19. The Morgan fingerprint density at radius 3 is 2.27 bits per heavy atom. The number of hydrogen-bond donors (Lipinski definition) is 4. The van der Waals surface area contributed by atoms with E-state index >= 15 is 0 Å². The maximum absolute atomic E-state index is 13.6. The molecule has 2 amide bonds. The first-order valence-electron chi connectivity index (χ1n) is 16.3. The number of carbonyl (C=O) groups is 2. The van der Waals surface area contributed by atoms with Crippen LogP contribution in [0.3, 0.4) is 0 Å². The molecule has 1 heterocycles. The molecule has 0 radical (unpaired) electrons. The Bertz CT molecular complexity index is 1360. The van der Waals surface area contributed by atoms with E-state index in [1.165, 1.54) is 5.01 Å². The summed E-state index contributed by atoms with van der Waals surface area (Å²) < 4.78 is 22.9. The van der Waals surface area contributed by atoms with Gasteiger partial charge in [0.15, 0.2) is 0 Å². The highest BCUT2D eigenvalue weighted by Crippen LogP contribution is 2.42. The van der Waals surface area contributed by atoms with Crippen LogP contribution in [0.4, 0.5) is 5.69 Å². The van der Waals surface area contributed by atoms with E-state index < -0.39 is 14.2 Å². The fourth-order valence-electron chi connectivity index (χ4n) is 4.85. The van der Waals surface area contributed by atoms with E-state index in [-0.39, 0.29) is 50.1 Å². The molecule has 6 N–H and O–H groups in total. The van der Waals surface area contributed by atoms with Gasteiger partial charge in [0.05, 0.1) is 61.3 Å². The highest BCUT2D eigenvalue weighted by atomic mass is 31.2. The Kier molecular flexibility index (Phi) is 15.7. The smallest absolute Gasteiger partial charge is 0.333 e. The van der Waals surface area contributed by atoms with Crippen molar-refractivity contribution in [2.45, 2.75) is 78.7 Å². The highest BCUT2D eigenvalue weighted by Gasteiger charge is 2.27. The number of carbonyl (C=O) groups excluding carboxylic acids is 2. The zero-order valence-electron chi connectivity index (χ0n) is 29.3. The van der Waals surface area contributed by atoms with E-state index in [1.54, 1.807) is 11.9 Å². The van der Waals surface area contributed by atoms with Crippen LogP contribution < -0.4 is 27.3 Å². The number of hydroxylamine groups is 1. The predicted octanol–water partition coefficient (Wildman–Crippen LogP) is 4.43. The third kappa shape index (κ3) is 12.4. The fourth-order valence-corrected chi connectivity index (χ4v) is 5.95. The van der Waals surface area contributed by atoms with Gasteiger partial charge < -0.3 is 39.3 Å². The van der Waals surface area contributed by atoms with E-state index in [0.717, 1.165) is 16.7 Å². The van der Waals surface area contributed by atoms with Crippen molar-refractivity contribution in [1.29, 1.82) is 0 Å². The molecule has 0 unspecified atom stereocenters. The monoisotopic (exact) mass is 688 g/mol. The van der Waals surface area contributed by atoms with Gasteiger partial charge in [-0.2, -0.15) is 0 Å². The van der Waals surface area contributed by atoms with Crippen molar-refractivity contribution < 1.29 is 32.7 Å². The molecule has 0 bridgehead atoms. The lowest BCUT2D eigenvalue weighted by atomic mass is 9.95. The number of fused-ring (bicyclic) bond motifs is 2. The molecule has 2 aromatic carbocycles. The average Bonchev–Trinajstić information content (AvgIpc) is 3.01. The number of nitrogens with one attached hydrogen (secondary N) is 2. The van der Waals surface area contributed by atoms with Gasteiger partial charge in [0, 0.05) is 44.1 Å². The van der Waals surface area contributed by atoms with Crippen LogP contribution in [0.15, 0.2) is 48.5 Å². The number of amides is 2. The van der Waals surface area contributed by atoms with Crippen LogP contribution in [0, 0.1) is 0 Å². The number of hydrogen-bond acceptors (Lipinski definition) is 11. The van der Waals surface area contributed by atoms with Crippen molar-refractivity contribution in [1.82, 2.24) is 15.8 Å². The van der Waals surface area contributed by atoms with Gasteiger partial charge >= 0.3 is 8.60 Å². The lowest BCUT2D eigenvalue weighted by Gasteiger charge is -2.32. The van der Waals surface area contributed by atoms with E-state index in [1.807, 2.05) is 90.1 Å². The van der Waals surface area contributed by atoms with Gasteiger partial charge in [-0.3, -0.25) is 14.4 Å². The summed E-state index contributed by atoms with van der Waals surface area (Å²) in [5, 5.41) is 4.31. The molecule has 14 heteroatoms. The van der Waals surface area contributed by atoms with Crippen LogP contribution in [-0.4, -0.2) is 74.6 Å². The summed E-state index contributed by atoms with van der Waals surface area (Å²) in [5.41, 5.74) is 13.1. The van der Waals surface area contributed by atoms with Crippen LogP contribution in [0.5, 0.6) is 0 Å². The molecule has 3 rings (SSSR count). The molecule has 48 heavy (non-hydrogen) atoms. The van der Waals surface area contributed by atoms with Crippen molar-refractivity contribution in [2.75, 3.05) is 44.9 Å². The van der Waals surface area contributed by atoms with Crippen molar-refractivity contribution >= 4 is 37.5 Å². The first-order chi connectivity index (χ1) is 22.8. The number of para-hydroxylation sites is 1. The second kappa shape index (κ2) is 19.2. The molecule has 2 aromatic rings. The van der Waals surface area contributed by atoms with Crippen LogP contribution >= 0.6 is 8.60 Å². The molecule has 0 saturated heterocycles. The van der Waals surface area contributed by atoms with E-state index in [2.05, 4.69) is 10.8 Å². The Labute approximate surface area is 286 Å². The van der Waals surface area contributed by atoms with Crippen LogP contribution in [0.1, 0.15) is 71.1 Å². The van der Waals surface area contributed by atoms with Gasteiger partial charge in [0.1, 0.15) is 0 Å². The van der Waals surface area contributed by atoms with Crippen LogP contribution in [-0.2, 0) is 39.3 Å². The second-order valence-corrected chi connectivity index (χ2v) is 13.7. The number of hydrazine groups is 1. The zero-order chi connectivity index (χ0) is 35.3. The molecule has 0 saturated carbocycles. The maximum atomic E-state index is 13.6. The van der Waals surface area contributed by atoms with Gasteiger partial charge in [-0.25, -0.2) is 11.3 Å². The largest absolute Gasteiger partial charge is 0.396 e. The Hall–Kier alpha value is -3.13. The lowest BCUT2D eigenvalue weighted by molar-refractivity contribution is -0.126. The highest BCUT2D eigenvalue weighted by molar-refractivity contribution is 7.41. The standard InChI is InChI=1S/C34H53N6O7P/c1-24(2)46-48(47-25(3)4)45-21-19-38-44-23-34(5,6)43-20-18-37-30(41)16-17-31(42)40-22-26-12-8-9-13-27(26)32(35)33(39(7)36)28-14-10-11-15-29(28)40/h8-15,24-25,38H,16-23,35-36H2,1-7H3,(H,37,41)/b33-32-. The molecule has 0 aromatic heterocycles. The fraction of sp³-hybridized carbons (Fsp3) is 0.529. The number of ether oxygens (including phenoxy) is 1. The van der Waals surface area contributed by atoms with E-state index in [9.17, 15) is 9.59 Å². The average molecular weight is 689 g/mol. The molecule has 0 spiro atoms. The normalized spacial score (nSPS) is 14.9. The lowest BCUT2D eigenvalue weighted by Crippen LogP contribution is -2.38. The minimum atomic E-state index is -1.42. The maximum Gasteiger partial charge on any atom is 0.333 e. The van der Waals surface area contributed by atoms with Gasteiger partial charge in [0.2, 0.25) is 11.8 Å².